The Morgan fingerprint density at radius 1 is 1.28 bits per heavy atom. The molecule has 1 atom stereocenters. The van der Waals surface area contributed by atoms with Crippen molar-refractivity contribution in [3.8, 4) is 5.75 Å². The molecule has 1 unspecified atom stereocenters. The Hall–Kier alpha value is -1.02. The van der Waals surface area contributed by atoms with Crippen LogP contribution < -0.4 is 4.74 Å². The summed E-state index contributed by atoms with van der Waals surface area (Å²) in [5.41, 5.74) is 1.70. The van der Waals surface area contributed by atoms with Gasteiger partial charge in [0, 0.05) is 12.1 Å². The Balaban J connectivity index is 2.13. The first-order chi connectivity index (χ1) is 8.50. The molecule has 100 valence electrons. The lowest BCUT2D eigenvalue weighted by atomic mass is 9.88. The summed E-state index contributed by atoms with van der Waals surface area (Å²) in [4.78, 5) is 2.60. The van der Waals surface area contributed by atoms with E-state index in [2.05, 4.69) is 43.9 Å². The fraction of sp³-hybridized carbons (Fsp3) is 0.625. The van der Waals surface area contributed by atoms with Crippen molar-refractivity contribution < 1.29 is 4.74 Å². The lowest BCUT2D eigenvalue weighted by Gasteiger charge is -2.41. The number of hydrogen-bond acceptors (Lipinski definition) is 2. The summed E-state index contributed by atoms with van der Waals surface area (Å²) >= 11 is 0. The highest BCUT2D eigenvalue weighted by Gasteiger charge is 2.28. The van der Waals surface area contributed by atoms with Crippen molar-refractivity contribution in [2.75, 3.05) is 20.2 Å². The molecule has 0 aliphatic carbocycles. The zero-order chi connectivity index (χ0) is 13.2. The Morgan fingerprint density at radius 3 is 2.72 bits per heavy atom. The maximum atomic E-state index is 5.33. The van der Waals surface area contributed by atoms with Crippen molar-refractivity contribution in [2.45, 2.75) is 45.1 Å². The van der Waals surface area contributed by atoms with E-state index in [1.54, 1.807) is 7.11 Å². The summed E-state index contributed by atoms with van der Waals surface area (Å²) in [6, 6.07) is 8.55. The monoisotopic (exact) mass is 247 g/mol. The highest BCUT2D eigenvalue weighted by atomic mass is 16.5. The fourth-order valence-corrected chi connectivity index (χ4v) is 2.75. The van der Waals surface area contributed by atoms with Gasteiger partial charge < -0.3 is 4.74 Å². The first-order valence-corrected chi connectivity index (χ1v) is 6.89. The SMILES string of the molecule is COc1cccc(C2CCCN(C(C)(C)C)C2)c1. The van der Waals surface area contributed by atoms with Crippen LogP contribution in [-0.4, -0.2) is 30.6 Å². The molecule has 1 fully saturated rings. The quantitative estimate of drug-likeness (QED) is 0.790. The van der Waals surface area contributed by atoms with E-state index in [0.29, 0.717) is 5.92 Å². The average Bonchev–Trinajstić information content (AvgIpc) is 2.38. The normalized spacial score (nSPS) is 21.9. The van der Waals surface area contributed by atoms with Crippen molar-refractivity contribution in [1.29, 1.82) is 0 Å². The van der Waals surface area contributed by atoms with Crippen molar-refractivity contribution in [3.05, 3.63) is 29.8 Å². The van der Waals surface area contributed by atoms with Gasteiger partial charge in [0.1, 0.15) is 5.75 Å². The Morgan fingerprint density at radius 2 is 2.06 bits per heavy atom. The maximum absolute atomic E-state index is 5.33. The molecule has 0 aromatic heterocycles. The van der Waals surface area contributed by atoms with Gasteiger partial charge in [0.15, 0.2) is 0 Å². The van der Waals surface area contributed by atoms with Crippen LogP contribution in [0.5, 0.6) is 5.75 Å². The van der Waals surface area contributed by atoms with E-state index in [-0.39, 0.29) is 5.54 Å². The first-order valence-electron chi connectivity index (χ1n) is 6.89. The minimum Gasteiger partial charge on any atom is -0.497 e. The van der Waals surface area contributed by atoms with Crippen LogP contribution in [0.4, 0.5) is 0 Å². The number of piperidine rings is 1. The van der Waals surface area contributed by atoms with Gasteiger partial charge in [-0.15, -0.1) is 0 Å². The van der Waals surface area contributed by atoms with Gasteiger partial charge in [0.05, 0.1) is 7.11 Å². The third-order valence-corrected chi connectivity index (χ3v) is 3.94. The number of hydrogen-bond donors (Lipinski definition) is 0. The molecule has 2 rings (SSSR count). The third-order valence-electron chi connectivity index (χ3n) is 3.94. The van der Waals surface area contributed by atoms with Crippen LogP contribution in [-0.2, 0) is 0 Å². The molecule has 1 aliphatic rings. The number of nitrogens with zero attached hydrogens (tertiary/aromatic N) is 1. The fourth-order valence-electron chi connectivity index (χ4n) is 2.75. The highest BCUT2D eigenvalue weighted by molar-refractivity contribution is 5.31. The molecule has 1 aromatic carbocycles. The molecule has 1 saturated heterocycles. The van der Waals surface area contributed by atoms with E-state index < -0.39 is 0 Å². The zero-order valence-electron chi connectivity index (χ0n) is 12.1. The van der Waals surface area contributed by atoms with Gasteiger partial charge in [-0.1, -0.05) is 12.1 Å². The van der Waals surface area contributed by atoms with Gasteiger partial charge in [-0.3, -0.25) is 4.90 Å². The van der Waals surface area contributed by atoms with Crippen molar-refractivity contribution in [3.63, 3.8) is 0 Å². The molecule has 1 heterocycles. The third kappa shape index (κ3) is 3.05. The summed E-state index contributed by atoms with van der Waals surface area (Å²) in [6.07, 6.45) is 2.58. The van der Waals surface area contributed by atoms with Crippen LogP contribution in [0.25, 0.3) is 0 Å². The second-order valence-corrected chi connectivity index (χ2v) is 6.23. The van der Waals surface area contributed by atoms with Gasteiger partial charge in [0.25, 0.3) is 0 Å². The molecular formula is C16H25NO. The maximum Gasteiger partial charge on any atom is 0.119 e. The van der Waals surface area contributed by atoms with E-state index in [0.717, 1.165) is 12.3 Å². The number of methoxy groups -OCH3 is 1. The topological polar surface area (TPSA) is 12.5 Å². The van der Waals surface area contributed by atoms with E-state index >= 15 is 0 Å². The van der Waals surface area contributed by atoms with E-state index in [9.17, 15) is 0 Å². The van der Waals surface area contributed by atoms with Gasteiger partial charge in [0.2, 0.25) is 0 Å². The molecule has 0 amide bonds. The lowest BCUT2D eigenvalue weighted by molar-refractivity contribution is 0.0986. The molecule has 0 radical (unpaired) electrons. The summed E-state index contributed by atoms with van der Waals surface area (Å²) in [6.45, 7) is 9.31. The number of likely N-dealkylation sites (tertiary alicyclic amines) is 1. The second kappa shape index (κ2) is 5.31. The molecule has 0 N–H and O–H groups in total. The van der Waals surface area contributed by atoms with Crippen LogP contribution >= 0.6 is 0 Å². The molecule has 18 heavy (non-hydrogen) atoms. The van der Waals surface area contributed by atoms with Crippen molar-refractivity contribution >= 4 is 0 Å². The minimum atomic E-state index is 0.275. The van der Waals surface area contributed by atoms with Crippen LogP contribution in [0.2, 0.25) is 0 Å². The standard InChI is InChI=1S/C16H25NO/c1-16(2,3)17-10-6-8-14(12-17)13-7-5-9-15(11-13)18-4/h5,7,9,11,14H,6,8,10,12H2,1-4H3. The average molecular weight is 247 g/mol. The van der Waals surface area contributed by atoms with Crippen molar-refractivity contribution in [1.82, 2.24) is 4.90 Å². The number of benzene rings is 1. The second-order valence-electron chi connectivity index (χ2n) is 6.23. The van der Waals surface area contributed by atoms with E-state index in [1.807, 2.05) is 6.07 Å². The molecule has 1 aliphatic heterocycles. The van der Waals surface area contributed by atoms with Gasteiger partial charge in [-0.25, -0.2) is 0 Å². The smallest absolute Gasteiger partial charge is 0.119 e. The number of rotatable bonds is 2. The van der Waals surface area contributed by atoms with E-state index in [1.165, 1.54) is 24.9 Å². The van der Waals surface area contributed by atoms with Crippen molar-refractivity contribution in [2.24, 2.45) is 0 Å². The van der Waals surface area contributed by atoms with Gasteiger partial charge in [-0.2, -0.15) is 0 Å². The van der Waals surface area contributed by atoms with Crippen LogP contribution in [0, 0.1) is 0 Å². The molecule has 0 spiro atoms. The predicted molar refractivity (Wildman–Crippen MR) is 76.3 cm³/mol. The Kier molecular flexibility index (Phi) is 3.96. The molecule has 0 saturated carbocycles. The summed E-state index contributed by atoms with van der Waals surface area (Å²) in [5.74, 6) is 1.62. The summed E-state index contributed by atoms with van der Waals surface area (Å²) in [7, 11) is 1.74. The van der Waals surface area contributed by atoms with Crippen LogP contribution in [0.1, 0.15) is 45.1 Å². The van der Waals surface area contributed by atoms with Gasteiger partial charge in [-0.05, 0) is 63.8 Å². The summed E-state index contributed by atoms with van der Waals surface area (Å²) in [5, 5.41) is 0. The van der Waals surface area contributed by atoms with Gasteiger partial charge >= 0.3 is 0 Å². The Bertz CT molecular complexity index is 394. The van der Waals surface area contributed by atoms with Crippen LogP contribution in [0.15, 0.2) is 24.3 Å². The Labute approximate surface area is 111 Å². The zero-order valence-corrected chi connectivity index (χ0v) is 12.1. The molecule has 1 aromatic rings. The predicted octanol–water partition coefficient (Wildman–Crippen LogP) is 3.67. The number of ether oxygens (including phenoxy) is 1. The molecule has 0 bridgehead atoms. The highest BCUT2D eigenvalue weighted by Crippen LogP contribution is 2.31. The largest absolute Gasteiger partial charge is 0.497 e. The summed E-state index contributed by atoms with van der Waals surface area (Å²) < 4.78 is 5.33. The first kappa shape index (κ1) is 13.4. The molecular weight excluding hydrogens is 222 g/mol. The minimum absolute atomic E-state index is 0.275. The molecule has 2 nitrogen and oxygen atoms in total. The lowest BCUT2D eigenvalue weighted by Crippen LogP contribution is -2.46. The van der Waals surface area contributed by atoms with Crippen LogP contribution in [0.3, 0.4) is 0 Å². The van der Waals surface area contributed by atoms with E-state index in [4.69, 9.17) is 4.74 Å². The molecule has 2 heteroatoms.